The number of amides is 1. The van der Waals surface area contributed by atoms with Crippen LogP contribution in [0, 0.1) is 10.1 Å². The van der Waals surface area contributed by atoms with Gasteiger partial charge < -0.3 is 13.9 Å². The van der Waals surface area contributed by atoms with Crippen molar-refractivity contribution in [2.24, 2.45) is 0 Å². The Hall–Kier alpha value is -2.57. The molecule has 2 aromatic rings. The van der Waals surface area contributed by atoms with E-state index in [1.54, 1.807) is 4.90 Å². The molecule has 0 N–H and O–H groups in total. The molecule has 0 radical (unpaired) electrons. The minimum atomic E-state index is -0.651. The molecule has 1 amide bonds. The summed E-state index contributed by atoms with van der Waals surface area (Å²) in [5.41, 5.74) is 1.05. The number of carbonyl (C=O) groups excluding carboxylic acids is 1. The Morgan fingerprint density at radius 3 is 2.90 bits per heavy atom. The molecule has 3 rings (SSSR count). The summed E-state index contributed by atoms with van der Waals surface area (Å²) in [6.07, 6.45) is 1.98. The van der Waals surface area contributed by atoms with Gasteiger partial charge in [0, 0.05) is 25.0 Å². The van der Waals surface area contributed by atoms with E-state index in [2.05, 4.69) is 4.57 Å². The highest BCUT2D eigenvalue weighted by Crippen LogP contribution is 2.28. The summed E-state index contributed by atoms with van der Waals surface area (Å²) in [4.78, 5) is 24.0. The van der Waals surface area contributed by atoms with E-state index < -0.39 is 10.8 Å². The van der Waals surface area contributed by atoms with Gasteiger partial charge in [0.2, 0.25) is 0 Å². The molecule has 0 aliphatic carbocycles. The molecule has 7 heteroatoms. The normalized spacial score (nSPS) is 17.9. The zero-order chi connectivity index (χ0) is 14.3. The van der Waals surface area contributed by atoms with Crippen LogP contribution in [0.5, 0.6) is 0 Å². The Kier molecular flexibility index (Phi) is 2.81. The highest BCUT2D eigenvalue weighted by molar-refractivity contribution is 5.92. The van der Waals surface area contributed by atoms with Gasteiger partial charge in [-0.05, 0) is 25.1 Å². The largest absolute Gasteiger partial charge is 0.433 e. The quantitative estimate of drug-likeness (QED) is 0.621. The van der Waals surface area contributed by atoms with Crippen LogP contribution in [0.1, 0.15) is 29.2 Å². The lowest BCUT2D eigenvalue weighted by molar-refractivity contribution is -0.402. The third kappa shape index (κ3) is 1.87. The van der Waals surface area contributed by atoms with Crippen LogP contribution < -0.4 is 0 Å². The van der Waals surface area contributed by atoms with Crippen LogP contribution in [0.15, 0.2) is 34.9 Å². The number of rotatable bonds is 2. The Bertz CT molecular complexity index is 673. The standard InChI is InChI=1S/C13H13N3O4/c1-9-10-3-2-6-14(10)7-8-15(9)13(17)11-4-5-12(20-11)16(18)19/h2-6,9H,7-8H2,1H3/t9-/m1/s1. The smallest absolute Gasteiger partial charge is 0.395 e. The van der Waals surface area contributed by atoms with Crippen LogP contribution >= 0.6 is 0 Å². The Morgan fingerprint density at radius 1 is 1.40 bits per heavy atom. The van der Waals surface area contributed by atoms with Gasteiger partial charge in [-0.1, -0.05) is 0 Å². The van der Waals surface area contributed by atoms with E-state index in [0.29, 0.717) is 13.1 Å². The van der Waals surface area contributed by atoms with Crippen molar-refractivity contribution in [2.75, 3.05) is 6.54 Å². The first-order valence-electron chi connectivity index (χ1n) is 6.28. The lowest BCUT2D eigenvalue weighted by atomic mass is 10.1. The molecule has 0 fully saturated rings. The second kappa shape index (κ2) is 4.52. The molecule has 2 aromatic heterocycles. The van der Waals surface area contributed by atoms with Gasteiger partial charge >= 0.3 is 5.88 Å². The number of hydrogen-bond acceptors (Lipinski definition) is 4. The third-order valence-corrected chi connectivity index (χ3v) is 3.59. The maximum absolute atomic E-state index is 12.4. The van der Waals surface area contributed by atoms with Gasteiger partial charge in [-0.3, -0.25) is 14.9 Å². The molecule has 7 nitrogen and oxygen atoms in total. The lowest BCUT2D eigenvalue weighted by Crippen LogP contribution is -2.40. The summed E-state index contributed by atoms with van der Waals surface area (Å²) < 4.78 is 7.08. The lowest BCUT2D eigenvalue weighted by Gasteiger charge is -2.34. The fourth-order valence-electron chi connectivity index (χ4n) is 2.54. The summed E-state index contributed by atoms with van der Waals surface area (Å²) >= 11 is 0. The Balaban J connectivity index is 1.86. The van der Waals surface area contributed by atoms with Crippen molar-refractivity contribution in [3.05, 3.63) is 52.0 Å². The monoisotopic (exact) mass is 275 g/mol. The van der Waals surface area contributed by atoms with E-state index in [0.717, 1.165) is 5.69 Å². The minimum absolute atomic E-state index is 0.00329. The van der Waals surface area contributed by atoms with Crippen LogP contribution in [-0.4, -0.2) is 26.8 Å². The number of nitrogens with zero attached hydrogens (tertiary/aromatic N) is 3. The highest BCUT2D eigenvalue weighted by Gasteiger charge is 2.30. The van der Waals surface area contributed by atoms with Crippen LogP contribution in [0.3, 0.4) is 0 Å². The Morgan fingerprint density at radius 2 is 2.20 bits per heavy atom. The van der Waals surface area contributed by atoms with Crippen molar-refractivity contribution in [1.82, 2.24) is 9.47 Å². The first-order chi connectivity index (χ1) is 9.58. The zero-order valence-electron chi connectivity index (χ0n) is 10.9. The summed E-state index contributed by atoms with van der Waals surface area (Å²) in [6, 6.07) is 6.37. The van der Waals surface area contributed by atoms with Crippen molar-refractivity contribution >= 4 is 11.8 Å². The zero-order valence-corrected chi connectivity index (χ0v) is 10.9. The van der Waals surface area contributed by atoms with Crippen molar-refractivity contribution in [3.8, 4) is 0 Å². The molecule has 0 bridgehead atoms. The van der Waals surface area contributed by atoms with Crippen molar-refractivity contribution in [1.29, 1.82) is 0 Å². The van der Waals surface area contributed by atoms with Gasteiger partial charge in [0.1, 0.15) is 4.92 Å². The molecular formula is C13H13N3O4. The average molecular weight is 275 g/mol. The van der Waals surface area contributed by atoms with Crippen LogP contribution in [0.2, 0.25) is 0 Å². The van der Waals surface area contributed by atoms with E-state index in [1.807, 2.05) is 25.3 Å². The van der Waals surface area contributed by atoms with Gasteiger partial charge in [-0.15, -0.1) is 0 Å². The molecule has 1 atom stereocenters. The SMILES string of the molecule is C[C@@H]1c2cccn2CCN1C(=O)c1ccc([N+](=O)[O-])o1. The average Bonchev–Trinajstić information content (AvgIpc) is 3.08. The number of fused-ring (bicyclic) bond motifs is 1. The number of aromatic nitrogens is 1. The van der Waals surface area contributed by atoms with Crippen molar-refractivity contribution in [3.63, 3.8) is 0 Å². The summed E-state index contributed by atoms with van der Waals surface area (Å²) in [6.45, 7) is 3.19. The summed E-state index contributed by atoms with van der Waals surface area (Å²) in [5, 5.41) is 10.6. The molecule has 0 saturated heterocycles. The fraction of sp³-hybridized carbons (Fsp3) is 0.308. The fourth-order valence-corrected chi connectivity index (χ4v) is 2.54. The van der Waals surface area contributed by atoms with Crippen LogP contribution in [-0.2, 0) is 6.54 Å². The summed E-state index contributed by atoms with van der Waals surface area (Å²) in [7, 11) is 0. The molecule has 1 aliphatic rings. The van der Waals surface area contributed by atoms with Crippen LogP contribution in [0.4, 0.5) is 5.88 Å². The molecule has 1 aliphatic heterocycles. The predicted octanol–water partition coefficient (Wildman–Crippen LogP) is 2.21. The van der Waals surface area contributed by atoms with Gasteiger partial charge in [-0.25, -0.2) is 0 Å². The summed E-state index contributed by atoms with van der Waals surface area (Å²) in [5.74, 6) is -0.733. The first-order valence-corrected chi connectivity index (χ1v) is 6.28. The Labute approximate surface area is 114 Å². The van der Waals surface area contributed by atoms with Crippen molar-refractivity contribution in [2.45, 2.75) is 19.5 Å². The maximum atomic E-state index is 12.4. The number of nitro groups is 1. The molecule has 104 valence electrons. The van der Waals surface area contributed by atoms with E-state index in [4.69, 9.17) is 4.42 Å². The van der Waals surface area contributed by atoms with E-state index in [-0.39, 0.29) is 17.7 Å². The minimum Gasteiger partial charge on any atom is -0.395 e. The number of carbonyl (C=O) groups is 1. The van der Waals surface area contributed by atoms with Crippen LogP contribution in [0.25, 0.3) is 0 Å². The van der Waals surface area contributed by atoms with E-state index in [1.165, 1.54) is 12.1 Å². The molecule has 20 heavy (non-hydrogen) atoms. The van der Waals surface area contributed by atoms with Gasteiger partial charge in [0.25, 0.3) is 5.91 Å². The van der Waals surface area contributed by atoms with Gasteiger partial charge in [0.15, 0.2) is 5.76 Å². The molecule has 3 heterocycles. The number of hydrogen-bond donors (Lipinski definition) is 0. The van der Waals surface area contributed by atoms with E-state index in [9.17, 15) is 14.9 Å². The molecular weight excluding hydrogens is 262 g/mol. The first kappa shape index (κ1) is 12.5. The topological polar surface area (TPSA) is 81.5 Å². The van der Waals surface area contributed by atoms with Gasteiger partial charge in [-0.2, -0.15) is 0 Å². The molecule has 0 aromatic carbocycles. The second-order valence-corrected chi connectivity index (χ2v) is 4.70. The van der Waals surface area contributed by atoms with Gasteiger partial charge in [0.05, 0.1) is 12.1 Å². The van der Waals surface area contributed by atoms with Crippen molar-refractivity contribution < 1.29 is 14.1 Å². The molecule has 0 saturated carbocycles. The molecule has 0 unspecified atom stereocenters. The molecule has 0 spiro atoms. The maximum Gasteiger partial charge on any atom is 0.433 e. The second-order valence-electron chi connectivity index (χ2n) is 4.70. The van der Waals surface area contributed by atoms with E-state index >= 15 is 0 Å². The predicted molar refractivity (Wildman–Crippen MR) is 69.2 cm³/mol. The highest BCUT2D eigenvalue weighted by atomic mass is 16.6. The third-order valence-electron chi connectivity index (χ3n) is 3.59. The number of furan rings is 1.